The van der Waals surface area contributed by atoms with Crippen molar-refractivity contribution in [2.75, 3.05) is 6.61 Å². The van der Waals surface area contributed by atoms with Crippen LogP contribution in [0.1, 0.15) is 106 Å². The SMILES string of the molecule is CC1(C)CC[C@]2(C(O)[C@@H]3OC(CO)[C@@H](O)C(O)C3O)CCC3C(=CCC4[C@@]3(C)CCC3C(C)(C)C(=O)CC[C@@]34C)C2C1. The molecule has 5 N–H and O–H groups in total. The monoisotopic (exact) mass is 588 g/mol. The molecule has 0 aromatic rings. The van der Waals surface area contributed by atoms with Crippen LogP contribution in [-0.4, -0.2) is 74.5 Å². The summed E-state index contributed by atoms with van der Waals surface area (Å²) in [6, 6.07) is 0. The number of hydrogen-bond donors (Lipinski definition) is 5. The number of aliphatic hydroxyl groups excluding tert-OH is 5. The van der Waals surface area contributed by atoms with E-state index in [1.165, 1.54) is 5.57 Å². The summed E-state index contributed by atoms with van der Waals surface area (Å²) in [5.41, 5.74) is 1.07. The molecule has 0 aromatic heterocycles. The van der Waals surface area contributed by atoms with Crippen molar-refractivity contribution in [3.63, 3.8) is 0 Å². The summed E-state index contributed by atoms with van der Waals surface area (Å²) in [6.45, 7) is 13.5. The Morgan fingerprint density at radius 1 is 0.857 bits per heavy atom. The average Bonchev–Trinajstić information content (AvgIpc) is 2.93. The van der Waals surface area contributed by atoms with E-state index >= 15 is 0 Å². The van der Waals surface area contributed by atoms with Crippen molar-refractivity contribution < 1.29 is 35.1 Å². The minimum absolute atomic E-state index is 0.112. The van der Waals surface area contributed by atoms with Crippen LogP contribution < -0.4 is 0 Å². The first-order chi connectivity index (χ1) is 19.5. The number of ether oxygens (including phenoxy) is 1. The topological polar surface area (TPSA) is 127 Å². The molecule has 1 aliphatic heterocycles. The highest BCUT2D eigenvalue weighted by molar-refractivity contribution is 5.85. The Morgan fingerprint density at radius 3 is 2.26 bits per heavy atom. The van der Waals surface area contributed by atoms with Gasteiger partial charge in [0, 0.05) is 17.3 Å². The Bertz CT molecular complexity index is 1110. The molecule has 0 radical (unpaired) electrons. The fourth-order valence-corrected chi connectivity index (χ4v) is 12.0. The number of Topliss-reactive ketones (excluding diaryl/α,β-unsaturated/α-hetero) is 1. The van der Waals surface area contributed by atoms with E-state index in [2.05, 4.69) is 47.6 Å². The first-order valence-corrected chi connectivity index (χ1v) is 16.8. The highest BCUT2D eigenvalue weighted by Gasteiger charge is 2.66. The third-order valence-corrected chi connectivity index (χ3v) is 14.5. The molecule has 6 aliphatic rings. The van der Waals surface area contributed by atoms with Gasteiger partial charge in [-0.15, -0.1) is 0 Å². The summed E-state index contributed by atoms with van der Waals surface area (Å²) in [7, 11) is 0. The van der Waals surface area contributed by atoms with Gasteiger partial charge in [0.15, 0.2) is 0 Å². The Balaban J connectivity index is 1.37. The van der Waals surface area contributed by atoms with Gasteiger partial charge in [0.2, 0.25) is 0 Å². The summed E-state index contributed by atoms with van der Waals surface area (Å²) >= 11 is 0. The van der Waals surface area contributed by atoms with Crippen LogP contribution in [0.15, 0.2) is 11.6 Å². The predicted octanol–water partition coefficient (Wildman–Crippen LogP) is 4.17. The summed E-state index contributed by atoms with van der Waals surface area (Å²) < 4.78 is 5.98. The molecule has 5 aliphatic carbocycles. The molecule has 13 atom stereocenters. The van der Waals surface area contributed by atoms with Crippen molar-refractivity contribution in [3.8, 4) is 0 Å². The van der Waals surface area contributed by atoms with Crippen LogP contribution in [0.2, 0.25) is 0 Å². The lowest BCUT2D eigenvalue weighted by atomic mass is 9.37. The van der Waals surface area contributed by atoms with E-state index in [1.807, 2.05) is 0 Å². The molecule has 238 valence electrons. The highest BCUT2D eigenvalue weighted by atomic mass is 16.6. The van der Waals surface area contributed by atoms with Crippen LogP contribution in [0.25, 0.3) is 0 Å². The van der Waals surface area contributed by atoms with E-state index in [-0.39, 0.29) is 27.6 Å². The molecule has 42 heavy (non-hydrogen) atoms. The zero-order valence-electron chi connectivity index (χ0n) is 26.7. The van der Waals surface area contributed by atoms with Crippen LogP contribution in [0.4, 0.5) is 0 Å². The molecule has 7 heteroatoms. The number of ketones is 1. The summed E-state index contributed by atoms with van der Waals surface area (Å²) in [5, 5.41) is 54.0. The van der Waals surface area contributed by atoms with Crippen molar-refractivity contribution in [1.82, 2.24) is 0 Å². The van der Waals surface area contributed by atoms with Gasteiger partial charge in [-0.25, -0.2) is 0 Å². The number of aliphatic hydroxyl groups is 5. The van der Waals surface area contributed by atoms with Gasteiger partial charge in [-0.3, -0.25) is 4.79 Å². The Labute approximate surface area is 252 Å². The normalized spacial score (nSPS) is 52.2. The summed E-state index contributed by atoms with van der Waals surface area (Å²) in [5.74, 6) is 1.90. The van der Waals surface area contributed by atoms with Crippen molar-refractivity contribution in [2.24, 2.45) is 50.7 Å². The van der Waals surface area contributed by atoms with Gasteiger partial charge in [0.1, 0.15) is 36.3 Å². The van der Waals surface area contributed by atoms with Gasteiger partial charge < -0.3 is 30.3 Å². The molecular formula is C35H56O7. The number of allylic oxidation sites excluding steroid dienone is 2. The molecule has 8 unspecified atom stereocenters. The lowest BCUT2D eigenvalue weighted by Gasteiger charge is -2.68. The van der Waals surface area contributed by atoms with Crippen LogP contribution >= 0.6 is 0 Å². The Morgan fingerprint density at radius 2 is 1.57 bits per heavy atom. The molecule has 0 spiro atoms. The molecule has 1 saturated heterocycles. The average molecular weight is 589 g/mol. The first kappa shape index (κ1) is 31.2. The zero-order chi connectivity index (χ0) is 30.6. The maximum absolute atomic E-state index is 13.0. The standard InChI is InChI=1S/C35H56O7/c1-31(2)15-16-35(30(41)29-28(40)27(39)26(38)22(18-36)42-29)14-9-20-19(21(35)17-31)7-8-24-33(20,5)12-10-23-32(3,4)25(37)11-13-34(23,24)6/h7,20-24,26-30,36,38-41H,8-18H2,1-6H3/t20?,21?,22?,23?,24?,26-,27?,28?,29-,30?,33+,34+,35-/m1/s1. The number of fused-ring (bicyclic) bond motifs is 7. The number of rotatable bonds is 3. The second kappa shape index (κ2) is 10.1. The van der Waals surface area contributed by atoms with Crippen molar-refractivity contribution in [1.29, 1.82) is 0 Å². The number of hydrogen-bond acceptors (Lipinski definition) is 7. The van der Waals surface area contributed by atoms with E-state index in [0.29, 0.717) is 30.0 Å². The van der Waals surface area contributed by atoms with Crippen molar-refractivity contribution in [3.05, 3.63) is 11.6 Å². The van der Waals surface area contributed by atoms with Gasteiger partial charge in [-0.05, 0) is 97.7 Å². The van der Waals surface area contributed by atoms with Crippen molar-refractivity contribution >= 4 is 5.78 Å². The van der Waals surface area contributed by atoms with Gasteiger partial charge in [0.05, 0.1) is 12.7 Å². The molecular weight excluding hydrogens is 532 g/mol. The fraction of sp³-hybridized carbons (Fsp3) is 0.914. The number of carbonyl (C=O) groups is 1. The molecule has 1 heterocycles. The van der Waals surface area contributed by atoms with E-state index in [1.54, 1.807) is 0 Å². The van der Waals surface area contributed by atoms with E-state index in [0.717, 1.165) is 57.8 Å². The van der Waals surface area contributed by atoms with Gasteiger partial charge in [-0.2, -0.15) is 0 Å². The molecule has 0 amide bonds. The minimum Gasteiger partial charge on any atom is -0.394 e. The molecule has 4 saturated carbocycles. The lowest BCUT2D eigenvalue weighted by molar-refractivity contribution is -0.270. The van der Waals surface area contributed by atoms with E-state index < -0.39 is 48.6 Å². The maximum atomic E-state index is 13.0. The molecule has 0 bridgehead atoms. The third kappa shape index (κ3) is 4.23. The molecule has 7 nitrogen and oxygen atoms in total. The second-order valence-corrected chi connectivity index (χ2v) is 17.2. The Hall–Kier alpha value is -0.830. The van der Waals surface area contributed by atoms with E-state index in [4.69, 9.17) is 4.74 Å². The predicted molar refractivity (Wildman–Crippen MR) is 159 cm³/mol. The summed E-state index contributed by atoms with van der Waals surface area (Å²) in [4.78, 5) is 13.0. The highest BCUT2D eigenvalue weighted by Crippen LogP contribution is 2.72. The second-order valence-electron chi connectivity index (χ2n) is 17.2. The van der Waals surface area contributed by atoms with E-state index in [9.17, 15) is 30.3 Å². The van der Waals surface area contributed by atoms with Gasteiger partial charge in [0.25, 0.3) is 0 Å². The molecule has 5 fully saturated rings. The first-order valence-electron chi connectivity index (χ1n) is 16.8. The Kier molecular flexibility index (Phi) is 7.48. The molecule has 6 rings (SSSR count). The van der Waals surface area contributed by atoms with Crippen LogP contribution in [0.3, 0.4) is 0 Å². The van der Waals surface area contributed by atoms with Gasteiger partial charge >= 0.3 is 0 Å². The summed E-state index contributed by atoms with van der Waals surface area (Å²) in [6.07, 6.45) is 4.39. The third-order valence-electron chi connectivity index (χ3n) is 14.5. The quantitative estimate of drug-likeness (QED) is 0.313. The molecule has 0 aromatic carbocycles. The maximum Gasteiger partial charge on any atom is 0.138 e. The van der Waals surface area contributed by atoms with Gasteiger partial charge in [-0.1, -0.05) is 53.2 Å². The van der Waals surface area contributed by atoms with Crippen molar-refractivity contribution in [2.45, 2.75) is 142 Å². The number of carbonyl (C=O) groups excluding carboxylic acids is 1. The lowest BCUT2D eigenvalue weighted by Crippen LogP contribution is -2.66. The van der Waals surface area contributed by atoms with Crippen LogP contribution in [0, 0.1) is 50.7 Å². The smallest absolute Gasteiger partial charge is 0.138 e. The minimum atomic E-state index is -1.49. The van der Waals surface area contributed by atoms with Crippen LogP contribution in [0.5, 0.6) is 0 Å². The largest absolute Gasteiger partial charge is 0.394 e. The van der Waals surface area contributed by atoms with Crippen LogP contribution in [-0.2, 0) is 9.53 Å². The fourth-order valence-electron chi connectivity index (χ4n) is 12.0. The zero-order valence-corrected chi connectivity index (χ0v) is 26.7.